The van der Waals surface area contributed by atoms with Gasteiger partial charge < -0.3 is 10.0 Å². The van der Waals surface area contributed by atoms with Crippen LogP contribution in [0.3, 0.4) is 0 Å². The zero-order chi connectivity index (χ0) is 12.5. The van der Waals surface area contributed by atoms with Crippen molar-refractivity contribution in [2.45, 2.75) is 51.7 Å². The van der Waals surface area contributed by atoms with Crippen molar-refractivity contribution < 1.29 is 5.11 Å². The minimum absolute atomic E-state index is 0.532. The second-order valence-corrected chi connectivity index (χ2v) is 6.36. The van der Waals surface area contributed by atoms with Gasteiger partial charge in [-0.3, -0.25) is 0 Å². The van der Waals surface area contributed by atoms with Gasteiger partial charge in [-0.1, -0.05) is 0 Å². The van der Waals surface area contributed by atoms with Crippen LogP contribution in [0, 0.1) is 6.92 Å². The second-order valence-electron chi connectivity index (χ2n) is 5.41. The highest BCUT2D eigenvalue weighted by molar-refractivity contribution is 7.09. The van der Waals surface area contributed by atoms with Crippen molar-refractivity contribution >= 4 is 11.3 Å². The average Bonchev–Trinajstić information content (AvgIpc) is 2.63. The summed E-state index contributed by atoms with van der Waals surface area (Å²) in [7, 11) is 0. The number of aromatic nitrogens is 1. The zero-order valence-electron chi connectivity index (χ0n) is 10.9. The molecular formula is C13H22N2OS. The van der Waals surface area contributed by atoms with Crippen LogP contribution in [0.1, 0.15) is 37.4 Å². The topological polar surface area (TPSA) is 36.4 Å². The van der Waals surface area contributed by atoms with Gasteiger partial charge >= 0.3 is 0 Å². The van der Waals surface area contributed by atoms with Gasteiger partial charge in [-0.15, -0.1) is 11.3 Å². The third-order valence-electron chi connectivity index (χ3n) is 3.61. The Balaban J connectivity index is 1.93. The summed E-state index contributed by atoms with van der Waals surface area (Å²) in [4.78, 5) is 6.88. The predicted molar refractivity (Wildman–Crippen MR) is 71.4 cm³/mol. The van der Waals surface area contributed by atoms with E-state index in [1.807, 2.05) is 6.92 Å². The largest absolute Gasteiger partial charge is 0.389 e. The maximum absolute atomic E-state index is 10.6. The van der Waals surface area contributed by atoms with Gasteiger partial charge in [0.2, 0.25) is 0 Å². The molecule has 4 heteroatoms. The first-order chi connectivity index (χ1) is 7.98. The Hall–Kier alpha value is -0.450. The summed E-state index contributed by atoms with van der Waals surface area (Å²) < 4.78 is 0. The molecule has 17 heavy (non-hydrogen) atoms. The molecule has 0 spiro atoms. The summed E-state index contributed by atoms with van der Waals surface area (Å²) >= 11 is 1.66. The highest BCUT2D eigenvalue weighted by Gasteiger charge is 2.33. The van der Waals surface area contributed by atoms with Crippen LogP contribution in [0.25, 0.3) is 0 Å². The molecule has 0 radical (unpaired) electrons. The molecule has 0 aromatic carbocycles. The van der Waals surface area contributed by atoms with Gasteiger partial charge in [-0.2, -0.15) is 0 Å². The Morgan fingerprint density at radius 1 is 1.47 bits per heavy atom. The number of rotatable bonds is 3. The quantitative estimate of drug-likeness (QED) is 0.898. The van der Waals surface area contributed by atoms with E-state index in [0.29, 0.717) is 6.04 Å². The molecule has 1 aliphatic rings. The third-order valence-corrected chi connectivity index (χ3v) is 4.57. The highest BCUT2D eigenvalue weighted by Crippen LogP contribution is 2.28. The maximum atomic E-state index is 10.6. The van der Waals surface area contributed by atoms with Crippen molar-refractivity contribution in [2.24, 2.45) is 0 Å². The normalized spacial score (nSPS) is 21.0. The van der Waals surface area contributed by atoms with Crippen molar-refractivity contribution in [2.75, 3.05) is 13.1 Å². The van der Waals surface area contributed by atoms with Crippen LogP contribution in [0.5, 0.6) is 0 Å². The first-order valence-electron chi connectivity index (χ1n) is 6.36. The van der Waals surface area contributed by atoms with Crippen LogP contribution in [0.15, 0.2) is 5.38 Å². The molecule has 0 atom stereocenters. The molecule has 0 amide bonds. The Labute approximate surface area is 107 Å². The molecule has 2 rings (SSSR count). The standard InChI is InChI=1S/C13H22N2OS/c1-10(2)15-6-4-13(16,5-7-15)8-12-14-11(3)9-17-12/h9-10,16H,4-8H2,1-3H3. The van der Waals surface area contributed by atoms with Gasteiger partial charge in [0.15, 0.2) is 0 Å². The highest BCUT2D eigenvalue weighted by atomic mass is 32.1. The van der Waals surface area contributed by atoms with Gasteiger partial charge in [-0.05, 0) is 33.6 Å². The Morgan fingerprint density at radius 2 is 2.12 bits per heavy atom. The molecule has 1 fully saturated rings. The predicted octanol–water partition coefficient (Wildman–Crippen LogP) is 2.23. The summed E-state index contributed by atoms with van der Waals surface area (Å²) in [6, 6.07) is 0.585. The Kier molecular flexibility index (Phi) is 3.85. The molecule has 0 aliphatic carbocycles. The number of likely N-dealkylation sites (tertiary alicyclic amines) is 1. The summed E-state index contributed by atoms with van der Waals surface area (Å²) in [6.45, 7) is 8.44. The molecule has 2 heterocycles. The van der Waals surface area contributed by atoms with Gasteiger partial charge in [0, 0.05) is 36.6 Å². The summed E-state index contributed by atoms with van der Waals surface area (Å²) in [5.41, 5.74) is 0.531. The summed E-state index contributed by atoms with van der Waals surface area (Å²) in [6.07, 6.45) is 2.45. The van der Waals surface area contributed by atoms with Crippen molar-refractivity contribution in [3.05, 3.63) is 16.1 Å². The number of aliphatic hydroxyl groups is 1. The fraction of sp³-hybridized carbons (Fsp3) is 0.769. The van der Waals surface area contributed by atoms with E-state index in [2.05, 4.69) is 29.1 Å². The SMILES string of the molecule is Cc1csc(CC2(O)CCN(C(C)C)CC2)n1. The van der Waals surface area contributed by atoms with E-state index in [1.54, 1.807) is 11.3 Å². The lowest BCUT2D eigenvalue weighted by Crippen LogP contribution is -2.47. The van der Waals surface area contributed by atoms with Gasteiger partial charge in [0.25, 0.3) is 0 Å². The van der Waals surface area contributed by atoms with Gasteiger partial charge in [0.05, 0.1) is 10.6 Å². The first kappa shape index (κ1) is 13.0. The van der Waals surface area contributed by atoms with Crippen molar-refractivity contribution in [3.63, 3.8) is 0 Å². The van der Waals surface area contributed by atoms with Crippen LogP contribution < -0.4 is 0 Å². The lowest BCUT2D eigenvalue weighted by Gasteiger charge is -2.39. The smallest absolute Gasteiger partial charge is 0.0956 e. The van der Waals surface area contributed by atoms with Crippen molar-refractivity contribution in [1.82, 2.24) is 9.88 Å². The Morgan fingerprint density at radius 3 is 2.59 bits per heavy atom. The number of hydrogen-bond acceptors (Lipinski definition) is 4. The van der Waals surface area contributed by atoms with E-state index in [0.717, 1.165) is 43.1 Å². The molecule has 1 aliphatic heterocycles. The minimum Gasteiger partial charge on any atom is -0.389 e. The minimum atomic E-state index is -0.532. The van der Waals surface area contributed by atoms with Crippen LogP contribution >= 0.6 is 11.3 Å². The molecule has 1 saturated heterocycles. The number of piperidine rings is 1. The maximum Gasteiger partial charge on any atom is 0.0956 e. The fourth-order valence-electron chi connectivity index (χ4n) is 2.40. The van der Waals surface area contributed by atoms with E-state index >= 15 is 0 Å². The number of hydrogen-bond donors (Lipinski definition) is 1. The number of aryl methyl sites for hydroxylation is 1. The third kappa shape index (κ3) is 3.27. The van der Waals surface area contributed by atoms with Crippen LogP contribution in [0.4, 0.5) is 0 Å². The molecule has 0 saturated carbocycles. The average molecular weight is 254 g/mol. The molecule has 96 valence electrons. The molecule has 1 aromatic heterocycles. The number of nitrogens with zero attached hydrogens (tertiary/aromatic N) is 2. The first-order valence-corrected chi connectivity index (χ1v) is 7.24. The fourth-order valence-corrected chi connectivity index (χ4v) is 3.31. The molecule has 0 unspecified atom stereocenters. The van der Waals surface area contributed by atoms with E-state index in [-0.39, 0.29) is 0 Å². The van der Waals surface area contributed by atoms with Crippen LogP contribution in [-0.2, 0) is 6.42 Å². The van der Waals surface area contributed by atoms with Gasteiger partial charge in [0.1, 0.15) is 0 Å². The van der Waals surface area contributed by atoms with E-state index in [9.17, 15) is 5.11 Å². The summed E-state index contributed by atoms with van der Waals surface area (Å²) in [5.74, 6) is 0. The van der Waals surface area contributed by atoms with E-state index in [4.69, 9.17) is 0 Å². The van der Waals surface area contributed by atoms with Crippen molar-refractivity contribution in [1.29, 1.82) is 0 Å². The summed E-state index contributed by atoms with van der Waals surface area (Å²) in [5, 5.41) is 13.7. The molecule has 1 aromatic rings. The molecular weight excluding hydrogens is 232 g/mol. The lowest BCUT2D eigenvalue weighted by atomic mass is 9.88. The van der Waals surface area contributed by atoms with E-state index < -0.39 is 5.60 Å². The monoisotopic (exact) mass is 254 g/mol. The molecule has 3 nitrogen and oxygen atoms in total. The zero-order valence-corrected chi connectivity index (χ0v) is 11.8. The molecule has 0 bridgehead atoms. The van der Waals surface area contributed by atoms with Crippen LogP contribution in [0.2, 0.25) is 0 Å². The Bertz CT molecular complexity index is 367. The van der Waals surface area contributed by atoms with E-state index in [1.165, 1.54) is 0 Å². The number of thiazole rings is 1. The van der Waals surface area contributed by atoms with Gasteiger partial charge in [-0.25, -0.2) is 4.98 Å². The second kappa shape index (κ2) is 5.04. The van der Waals surface area contributed by atoms with Crippen LogP contribution in [-0.4, -0.2) is 39.7 Å². The lowest BCUT2D eigenvalue weighted by molar-refractivity contribution is -0.0271. The molecule has 1 N–H and O–H groups in total. The van der Waals surface area contributed by atoms with Crippen molar-refractivity contribution in [3.8, 4) is 0 Å².